The van der Waals surface area contributed by atoms with Crippen LogP contribution in [0.5, 0.6) is 0 Å². The number of thiazole rings is 1. The molecule has 1 aromatic heterocycles. The van der Waals surface area contributed by atoms with Gasteiger partial charge in [0.25, 0.3) is 5.91 Å². The number of carbonyl (C=O) groups excluding carboxylic acids is 3. The van der Waals surface area contributed by atoms with Crippen LogP contribution in [0.2, 0.25) is 0 Å². The van der Waals surface area contributed by atoms with Crippen molar-refractivity contribution < 1.29 is 19.1 Å². The number of halogens is 1. The zero-order valence-corrected chi connectivity index (χ0v) is 22.3. The summed E-state index contributed by atoms with van der Waals surface area (Å²) in [5, 5.41) is 4.40. The topological polar surface area (TPSA) is 115 Å². The Kier molecular flexibility index (Phi) is 7.82. The van der Waals surface area contributed by atoms with Crippen molar-refractivity contribution in [1.29, 1.82) is 0 Å². The van der Waals surface area contributed by atoms with Crippen LogP contribution < -0.4 is 11.1 Å². The number of nitrogens with two attached hydrogens (primary N) is 1. The summed E-state index contributed by atoms with van der Waals surface area (Å²) >= 11 is 8.55. The summed E-state index contributed by atoms with van der Waals surface area (Å²) in [5.74, 6) is -0.967. The normalized spacial score (nSPS) is 18.9. The molecule has 3 aromatic rings. The number of nitrogens with one attached hydrogen (secondary N) is 1. The predicted molar refractivity (Wildman–Crippen MR) is 148 cm³/mol. The molecule has 2 aliphatic heterocycles. The highest BCUT2D eigenvalue weighted by Crippen LogP contribution is 2.42. The molecule has 0 radical (unpaired) electrons. The second-order valence-corrected chi connectivity index (χ2v) is 10.8. The fourth-order valence-electron chi connectivity index (χ4n) is 4.38. The Morgan fingerprint density at radius 1 is 1.16 bits per heavy atom. The SMILES string of the molecule is Nc1nc(CC(=O)NC2C(=O)N3C(C(=O)OC(c4ccccc4)c4ccccc4)=C(/C=C/Cl)CS[C@@H]23)cs1. The van der Waals surface area contributed by atoms with E-state index in [4.69, 9.17) is 22.1 Å². The van der Waals surface area contributed by atoms with Gasteiger partial charge in [0.15, 0.2) is 11.2 Å². The fourth-order valence-corrected chi connectivity index (χ4v) is 6.41. The Bertz CT molecular complexity index is 1370. The lowest BCUT2D eigenvalue weighted by Gasteiger charge is -2.49. The summed E-state index contributed by atoms with van der Waals surface area (Å²) in [4.78, 5) is 45.0. The minimum absolute atomic E-state index is 0.00960. The first kappa shape index (κ1) is 26.0. The molecule has 1 unspecified atom stereocenters. The van der Waals surface area contributed by atoms with Crippen LogP contribution in [-0.4, -0.2) is 44.8 Å². The molecule has 8 nitrogen and oxygen atoms in total. The van der Waals surface area contributed by atoms with E-state index in [1.165, 1.54) is 33.5 Å². The monoisotopic (exact) mass is 566 g/mol. The van der Waals surface area contributed by atoms with Crippen LogP contribution in [0.15, 0.2) is 88.9 Å². The van der Waals surface area contributed by atoms with Gasteiger partial charge < -0.3 is 15.8 Å². The number of hydrogen-bond acceptors (Lipinski definition) is 8. The number of carbonyl (C=O) groups is 3. The van der Waals surface area contributed by atoms with Crippen LogP contribution in [0.4, 0.5) is 5.13 Å². The Hall–Kier alpha value is -3.60. The van der Waals surface area contributed by atoms with Crippen molar-refractivity contribution in [3.63, 3.8) is 0 Å². The van der Waals surface area contributed by atoms with E-state index in [9.17, 15) is 14.4 Å². The van der Waals surface area contributed by atoms with Crippen molar-refractivity contribution in [1.82, 2.24) is 15.2 Å². The van der Waals surface area contributed by atoms with Crippen LogP contribution in [0.1, 0.15) is 22.9 Å². The van der Waals surface area contributed by atoms with E-state index >= 15 is 0 Å². The van der Waals surface area contributed by atoms with E-state index in [1.807, 2.05) is 60.7 Å². The van der Waals surface area contributed by atoms with Crippen molar-refractivity contribution >= 4 is 57.6 Å². The second-order valence-electron chi connectivity index (χ2n) is 8.58. The number of amides is 2. The lowest BCUT2D eigenvalue weighted by atomic mass is 10.0. The number of fused-ring (bicyclic) bond motifs is 1. The minimum atomic E-state index is -0.771. The molecule has 3 N–H and O–H groups in total. The highest BCUT2D eigenvalue weighted by Gasteiger charge is 2.54. The molecule has 0 bridgehead atoms. The number of β-lactam (4-membered cyclic amide) rings is 1. The second kappa shape index (κ2) is 11.4. The first-order valence-corrected chi connectivity index (χ1v) is 14.1. The van der Waals surface area contributed by atoms with Crippen LogP contribution in [0, 0.1) is 0 Å². The standard InChI is InChI=1S/C27H23ClN4O4S2/c28-12-11-18-14-37-25-21(31-20(33)13-19-15-38-27(29)30-19)24(34)32(25)22(18)26(35)36-23(16-7-3-1-4-8-16)17-9-5-2-6-10-17/h1-12,15,21,23,25H,13-14H2,(H2,29,30)(H,31,33)/b12-11+/t21?,25-/m0/s1. The molecular weight excluding hydrogens is 544 g/mol. The maximum absolute atomic E-state index is 13.7. The van der Waals surface area contributed by atoms with Gasteiger partial charge in [0, 0.05) is 16.7 Å². The number of ether oxygens (including phenoxy) is 1. The molecule has 0 spiro atoms. The number of nitrogens with zero attached hydrogens (tertiary/aromatic N) is 2. The third-order valence-electron chi connectivity index (χ3n) is 6.11. The van der Waals surface area contributed by atoms with Gasteiger partial charge in [0.1, 0.15) is 17.1 Å². The average molecular weight is 567 g/mol. The van der Waals surface area contributed by atoms with E-state index in [0.29, 0.717) is 22.2 Å². The van der Waals surface area contributed by atoms with Gasteiger partial charge in [0.2, 0.25) is 5.91 Å². The molecule has 1 saturated heterocycles. The predicted octanol–water partition coefficient (Wildman–Crippen LogP) is 4.01. The quantitative estimate of drug-likeness (QED) is 0.313. The largest absolute Gasteiger partial charge is 0.448 e. The van der Waals surface area contributed by atoms with E-state index in [1.54, 1.807) is 11.5 Å². The zero-order chi connectivity index (χ0) is 26.6. The summed E-state index contributed by atoms with van der Waals surface area (Å²) in [6.45, 7) is 0. The van der Waals surface area contributed by atoms with E-state index in [2.05, 4.69) is 10.3 Å². The van der Waals surface area contributed by atoms with Crippen LogP contribution in [0.25, 0.3) is 0 Å². The highest BCUT2D eigenvalue weighted by molar-refractivity contribution is 8.00. The maximum atomic E-state index is 13.7. The van der Waals surface area contributed by atoms with Gasteiger partial charge in [-0.25, -0.2) is 9.78 Å². The summed E-state index contributed by atoms with van der Waals surface area (Å²) in [6, 6.07) is 18.0. The number of nitrogen functional groups attached to an aromatic ring is 1. The summed E-state index contributed by atoms with van der Waals surface area (Å²) in [7, 11) is 0. The average Bonchev–Trinajstić information content (AvgIpc) is 3.35. The van der Waals surface area contributed by atoms with Gasteiger partial charge in [-0.2, -0.15) is 0 Å². The molecule has 2 aliphatic rings. The first-order chi connectivity index (χ1) is 18.5. The van der Waals surface area contributed by atoms with E-state index < -0.39 is 29.4 Å². The van der Waals surface area contributed by atoms with Crippen LogP contribution >= 0.6 is 34.7 Å². The third kappa shape index (κ3) is 5.33. The van der Waals surface area contributed by atoms with Gasteiger partial charge in [-0.15, -0.1) is 23.1 Å². The van der Waals surface area contributed by atoms with Gasteiger partial charge >= 0.3 is 5.97 Å². The van der Waals surface area contributed by atoms with Crippen molar-refractivity contribution in [3.8, 4) is 0 Å². The number of esters is 1. The zero-order valence-electron chi connectivity index (χ0n) is 20.0. The number of allylic oxidation sites excluding steroid dienone is 1. The van der Waals surface area contributed by atoms with Crippen LogP contribution in [0.3, 0.4) is 0 Å². The molecule has 1 fully saturated rings. The van der Waals surface area contributed by atoms with Gasteiger partial charge in [-0.05, 0) is 22.8 Å². The van der Waals surface area contributed by atoms with Crippen molar-refractivity contribution in [2.75, 3.05) is 11.5 Å². The summed E-state index contributed by atoms with van der Waals surface area (Å²) in [6.07, 6.45) is 0.923. The Labute approximate surface area is 232 Å². The lowest BCUT2D eigenvalue weighted by molar-refractivity contribution is -0.154. The number of benzene rings is 2. The first-order valence-electron chi connectivity index (χ1n) is 11.7. The Morgan fingerprint density at radius 2 is 1.82 bits per heavy atom. The van der Waals surface area contributed by atoms with E-state index in [0.717, 1.165) is 11.1 Å². The molecular formula is C27H23ClN4O4S2. The van der Waals surface area contributed by atoms with Crippen molar-refractivity contribution in [3.05, 3.63) is 106 Å². The van der Waals surface area contributed by atoms with Crippen molar-refractivity contribution in [2.24, 2.45) is 0 Å². The molecule has 194 valence electrons. The molecule has 38 heavy (non-hydrogen) atoms. The van der Waals surface area contributed by atoms with Gasteiger partial charge in [0.05, 0.1) is 12.1 Å². The Balaban J connectivity index is 1.37. The Morgan fingerprint density at radius 3 is 2.39 bits per heavy atom. The van der Waals surface area contributed by atoms with Gasteiger partial charge in [-0.1, -0.05) is 72.3 Å². The maximum Gasteiger partial charge on any atom is 0.356 e. The van der Waals surface area contributed by atoms with Crippen molar-refractivity contribution in [2.45, 2.75) is 23.9 Å². The minimum Gasteiger partial charge on any atom is -0.448 e. The summed E-state index contributed by atoms with van der Waals surface area (Å²) in [5.41, 5.74) is 9.78. The molecule has 0 aliphatic carbocycles. The fraction of sp³-hybridized carbons (Fsp3) is 0.185. The molecule has 3 heterocycles. The lowest BCUT2D eigenvalue weighted by Crippen LogP contribution is -2.70. The number of aromatic nitrogens is 1. The third-order valence-corrected chi connectivity index (χ3v) is 8.26. The number of anilines is 1. The molecule has 11 heteroatoms. The number of thioether (sulfide) groups is 1. The van der Waals surface area contributed by atoms with Gasteiger partial charge in [-0.3, -0.25) is 14.5 Å². The number of hydrogen-bond donors (Lipinski definition) is 2. The summed E-state index contributed by atoms with van der Waals surface area (Å²) < 4.78 is 6.05. The molecule has 5 rings (SSSR count). The molecule has 2 atom stereocenters. The van der Waals surface area contributed by atoms with E-state index in [-0.39, 0.29) is 18.0 Å². The molecule has 2 amide bonds. The number of rotatable bonds is 8. The van der Waals surface area contributed by atoms with Crippen LogP contribution in [-0.2, 0) is 25.5 Å². The smallest absolute Gasteiger partial charge is 0.356 e. The highest BCUT2D eigenvalue weighted by atomic mass is 35.5. The molecule has 2 aromatic carbocycles. The molecule has 0 saturated carbocycles.